The molecule has 1 aromatic rings. The zero-order chi connectivity index (χ0) is 10.0. The second-order valence-corrected chi connectivity index (χ2v) is 4.98. The molecule has 1 heterocycles. The summed E-state index contributed by atoms with van der Waals surface area (Å²) in [5, 5.41) is 0. The molecule has 0 saturated heterocycles. The molecular formula is C8H7BrO3S. The molecule has 0 fully saturated rings. The van der Waals surface area contributed by atoms with E-state index in [1.807, 2.05) is 0 Å². The molecule has 0 aliphatic rings. The summed E-state index contributed by atoms with van der Waals surface area (Å²) in [7, 11) is 1.19. The average Bonchev–Trinajstić information content (AvgIpc) is 2.42. The number of thiophene rings is 1. The first-order valence-electron chi connectivity index (χ1n) is 3.45. The normalized spacial score (nSPS) is 9.77. The molecule has 3 nitrogen and oxygen atoms in total. The molecule has 0 spiro atoms. The molecule has 0 aliphatic carbocycles. The molecule has 0 aromatic carbocycles. The smallest absolute Gasteiger partial charge is 0.379 e. The molecule has 0 atom stereocenters. The number of ether oxygens (including phenoxy) is 1. The van der Waals surface area contributed by atoms with E-state index in [0.29, 0.717) is 5.56 Å². The van der Waals surface area contributed by atoms with Gasteiger partial charge in [-0.3, -0.25) is 4.79 Å². The molecule has 13 heavy (non-hydrogen) atoms. The van der Waals surface area contributed by atoms with Gasteiger partial charge < -0.3 is 4.74 Å². The number of aryl methyl sites for hydroxylation is 1. The van der Waals surface area contributed by atoms with E-state index in [0.717, 1.165) is 8.66 Å². The third-order valence-corrected chi connectivity index (χ3v) is 3.06. The van der Waals surface area contributed by atoms with Gasteiger partial charge in [-0.15, -0.1) is 11.3 Å². The van der Waals surface area contributed by atoms with Gasteiger partial charge in [-0.2, -0.15) is 0 Å². The SMILES string of the molecule is COC(=O)C(=O)c1cc(Br)sc1C. The zero-order valence-corrected chi connectivity index (χ0v) is 9.49. The molecule has 1 rings (SSSR count). The van der Waals surface area contributed by atoms with Crippen LogP contribution in [0.5, 0.6) is 0 Å². The summed E-state index contributed by atoms with van der Waals surface area (Å²) in [6.45, 7) is 1.78. The standard InChI is InChI=1S/C8H7BrO3S/c1-4-5(3-6(9)13-4)7(10)8(11)12-2/h3H,1-2H3. The first kappa shape index (κ1) is 10.4. The van der Waals surface area contributed by atoms with E-state index in [1.54, 1.807) is 13.0 Å². The van der Waals surface area contributed by atoms with Crippen molar-refractivity contribution < 1.29 is 14.3 Å². The van der Waals surface area contributed by atoms with Crippen LogP contribution in [0.3, 0.4) is 0 Å². The molecule has 0 bridgehead atoms. The second-order valence-electron chi connectivity index (χ2n) is 2.34. The lowest BCUT2D eigenvalue weighted by atomic mass is 10.2. The van der Waals surface area contributed by atoms with Crippen LogP contribution in [0.2, 0.25) is 0 Å². The van der Waals surface area contributed by atoms with Crippen molar-refractivity contribution in [3.05, 3.63) is 20.3 Å². The number of ketones is 1. The van der Waals surface area contributed by atoms with Gasteiger partial charge in [0, 0.05) is 10.4 Å². The number of methoxy groups -OCH3 is 1. The van der Waals surface area contributed by atoms with Crippen LogP contribution in [0.1, 0.15) is 15.2 Å². The predicted molar refractivity (Wildman–Crippen MR) is 53.1 cm³/mol. The van der Waals surface area contributed by atoms with E-state index in [1.165, 1.54) is 18.4 Å². The highest BCUT2D eigenvalue weighted by molar-refractivity contribution is 9.11. The van der Waals surface area contributed by atoms with Gasteiger partial charge in [0.25, 0.3) is 5.78 Å². The minimum absolute atomic E-state index is 0.406. The Hall–Kier alpha value is -0.680. The van der Waals surface area contributed by atoms with Crippen molar-refractivity contribution in [1.82, 2.24) is 0 Å². The van der Waals surface area contributed by atoms with Crippen LogP contribution in [-0.4, -0.2) is 18.9 Å². The van der Waals surface area contributed by atoms with Gasteiger partial charge in [-0.05, 0) is 28.9 Å². The highest BCUT2D eigenvalue weighted by Crippen LogP contribution is 2.26. The maximum Gasteiger partial charge on any atom is 0.379 e. The Kier molecular flexibility index (Phi) is 3.22. The van der Waals surface area contributed by atoms with Crippen molar-refractivity contribution in [3.63, 3.8) is 0 Å². The lowest BCUT2D eigenvalue weighted by Crippen LogP contribution is -2.15. The van der Waals surface area contributed by atoms with Crippen LogP contribution in [0, 0.1) is 6.92 Å². The van der Waals surface area contributed by atoms with E-state index in [9.17, 15) is 9.59 Å². The minimum Gasteiger partial charge on any atom is -0.463 e. The third-order valence-electron chi connectivity index (χ3n) is 1.50. The van der Waals surface area contributed by atoms with Gasteiger partial charge >= 0.3 is 5.97 Å². The third kappa shape index (κ3) is 2.16. The summed E-state index contributed by atoms with van der Waals surface area (Å²) < 4.78 is 5.16. The average molecular weight is 263 g/mol. The van der Waals surface area contributed by atoms with Gasteiger partial charge in [0.1, 0.15) is 0 Å². The molecule has 0 amide bonds. The lowest BCUT2D eigenvalue weighted by Gasteiger charge is -1.95. The number of esters is 1. The fraction of sp³-hybridized carbons (Fsp3) is 0.250. The first-order valence-corrected chi connectivity index (χ1v) is 5.05. The molecule has 0 aliphatic heterocycles. The fourth-order valence-electron chi connectivity index (χ4n) is 0.874. The maximum atomic E-state index is 11.3. The number of Topliss-reactive ketones (excluding diaryl/α,β-unsaturated/α-hetero) is 1. The second kappa shape index (κ2) is 4.02. The Bertz CT molecular complexity index is 356. The lowest BCUT2D eigenvalue weighted by molar-refractivity contribution is -0.135. The Morgan fingerprint density at radius 2 is 2.15 bits per heavy atom. The summed E-state index contributed by atoms with van der Waals surface area (Å²) in [5.41, 5.74) is 0.406. The van der Waals surface area contributed by atoms with Gasteiger partial charge in [0.15, 0.2) is 0 Å². The van der Waals surface area contributed by atoms with Crippen LogP contribution >= 0.6 is 27.3 Å². The summed E-state index contributed by atoms with van der Waals surface area (Å²) in [6, 6.07) is 1.62. The van der Waals surface area contributed by atoms with Crippen LogP contribution in [0.25, 0.3) is 0 Å². The number of carbonyl (C=O) groups is 2. The number of carbonyl (C=O) groups excluding carboxylic acids is 2. The van der Waals surface area contributed by atoms with E-state index in [4.69, 9.17) is 0 Å². The van der Waals surface area contributed by atoms with Crippen molar-refractivity contribution in [2.24, 2.45) is 0 Å². The molecule has 0 N–H and O–H groups in total. The van der Waals surface area contributed by atoms with Crippen LogP contribution in [-0.2, 0) is 9.53 Å². The quantitative estimate of drug-likeness (QED) is 0.466. The number of rotatable bonds is 2. The summed E-state index contributed by atoms with van der Waals surface area (Å²) in [6.07, 6.45) is 0. The number of halogens is 1. The fourth-order valence-corrected chi connectivity index (χ4v) is 2.56. The number of hydrogen-bond donors (Lipinski definition) is 0. The van der Waals surface area contributed by atoms with Crippen molar-refractivity contribution in [2.75, 3.05) is 7.11 Å². The van der Waals surface area contributed by atoms with Crippen molar-refractivity contribution in [3.8, 4) is 0 Å². The molecular weight excluding hydrogens is 256 g/mol. The van der Waals surface area contributed by atoms with Crippen molar-refractivity contribution in [2.45, 2.75) is 6.92 Å². The molecule has 0 radical (unpaired) electrons. The summed E-state index contributed by atoms with van der Waals surface area (Å²) >= 11 is 4.65. The van der Waals surface area contributed by atoms with Crippen LogP contribution in [0.4, 0.5) is 0 Å². The van der Waals surface area contributed by atoms with Crippen LogP contribution < -0.4 is 0 Å². The largest absolute Gasteiger partial charge is 0.463 e. The van der Waals surface area contributed by atoms with E-state index < -0.39 is 11.8 Å². The van der Waals surface area contributed by atoms with Gasteiger partial charge in [-0.1, -0.05) is 0 Å². The van der Waals surface area contributed by atoms with Crippen molar-refractivity contribution >= 4 is 39.0 Å². The Morgan fingerprint density at radius 3 is 2.54 bits per heavy atom. The summed E-state index contributed by atoms with van der Waals surface area (Å²) in [4.78, 5) is 23.0. The zero-order valence-electron chi connectivity index (χ0n) is 7.09. The van der Waals surface area contributed by atoms with Gasteiger partial charge in [-0.25, -0.2) is 4.79 Å². The van der Waals surface area contributed by atoms with Crippen molar-refractivity contribution in [1.29, 1.82) is 0 Å². The molecule has 70 valence electrons. The Labute approximate surface area is 87.8 Å². The summed E-state index contributed by atoms with van der Waals surface area (Å²) in [5.74, 6) is -1.42. The molecule has 1 aromatic heterocycles. The Morgan fingerprint density at radius 1 is 1.54 bits per heavy atom. The van der Waals surface area contributed by atoms with Gasteiger partial charge in [0.05, 0.1) is 10.9 Å². The molecule has 0 saturated carbocycles. The molecule has 5 heteroatoms. The van der Waals surface area contributed by atoms with E-state index >= 15 is 0 Å². The van der Waals surface area contributed by atoms with E-state index in [2.05, 4.69) is 20.7 Å². The number of hydrogen-bond acceptors (Lipinski definition) is 4. The predicted octanol–water partition coefficient (Wildman–Crippen LogP) is 2.17. The maximum absolute atomic E-state index is 11.3. The monoisotopic (exact) mass is 262 g/mol. The first-order chi connectivity index (χ1) is 6.06. The minimum atomic E-state index is -0.826. The highest BCUT2D eigenvalue weighted by atomic mass is 79.9. The highest BCUT2D eigenvalue weighted by Gasteiger charge is 2.20. The van der Waals surface area contributed by atoms with E-state index in [-0.39, 0.29) is 0 Å². The Balaban J connectivity index is 3.01. The molecule has 0 unspecified atom stereocenters. The van der Waals surface area contributed by atoms with Gasteiger partial charge in [0.2, 0.25) is 0 Å². The van der Waals surface area contributed by atoms with Crippen LogP contribution in [0.15, 0.2) is 9.85 Å². The topological polar surface area (TPSA) is 43.4 Å².